The lowest BCUT2D eigenvalue weighted by molar-refractivity contribution is 0.0303. The fraction of sp³-hybridized carbons (Fsp3) is 0.647. The van der Waals surface area contributed by atoms with E-state index in [1.54, 1.807) is 7.11 Å². The standard InChI is InChI=1S/C17H25NO4S/c1-21-15-9-7-14(8-10-15)17(13-5-6-13)18-23(19,20)12-16-4-2-3-11-22-16/h7-10,13,16-18H,2-6,11-12H2,1H3/t16-,17+/m0/s1. The Morgan fingerprint density at radius 2 is 1.96 bits per heavy atom. The Labute approximate surface area is 138 Å². The Morgan fingerprint density at radius 3 is 2.52 bits per heavy atom. The monoisotopic (exact) mass is 339 g/mol. The van der Waals surface area contributed by atoms with Crippen LogP contribution in [0.25, 0.3) is 0 Å². The summed E-state index contributed by atoms with van der Waals surface area (Å²) < 4.78 is 38.7. The molecular formula is C17H25NO4S. The first-order chi connectivity index (χ1) is 11.1. The molecule has 0 amide bonds. The number of hydrogen-bond acceptors (Lipinski definition) is 4. The molecule has 0 unspecified atom stereocenters. The van der Waals surface area contributed by atoms with Crippen LogP contribution in [0, 0.1) is 5.92 Å². The van der Waals surface area contributed by atoms with Gasteiger partial charge in [-0.1, -0.05) is 12.1 Å². The predicted octanol–water partition coefficient (Wildman–Crippen LogP) is 2.63. The summed E-state index contributed by atoms with van der Waals surface area (Å²) in [7, 11) is -1.73. The van der Waals surface area contributed by atoms with E-state index < -0.39 is 10.0 Å². The zero-order valence-electron chi connectivity index (χ0n) is 13.5. The molecule has 2 atom stereocenters. The van der Waals surface area contributed by atoms with Crippen molar-refractivity contribution in [3.63, 3.8) is 0 Å². The van der Waals surface area contributed by atoms with Crippen molar-refractivity contribution in [2.45, 2.75) is 44.2 Å². The van der Waals surface area contributed by atoms with Gasteiger partial charge in [-0.15, -0.1) is 0 Å². The van der Waals surface area contributed by atoms with Crippen LogP contribution in [0.1, 0.15) is 43.7 Å². The number of nitrogens with one attached hydrogen (secondary N) is 1. The Hall–Kier alpha value is -1.11. The second kappa shape index (κ2) is 7.20. The molecule has 23 heavy (non-hydrogen) atoms. The summed E-state index contributed by atoms with van der Waals surface area (Å²) in [6.07, 6.45) is 4.87. The normalized spacial score (nSPS) is 23.4. The maximum atomic E-state index is 12.5. The fourth-order valence-electron chi connectivity index (χ4n) is 3.10. The van der Waals surface area contributed by atoms with Gasteiger partial charge < -0.3 is 9.47 Å². The van der Waals surface area contributed by atoms with Gasteiger partial charge in [0.05, 0.1) is 19.0 Å². The van der Waals surface area contributed by atoms with E-state index in [0.717, 1.165) is 43.4 Å². The predicted molar refractivity (Wildman–Crippen MR) is 89.0 cm³/mol. The maximum absolute atomic E-state index is 12.5. The van der Waals surface area contributed by atoms with Gasteiger partial charge in [-0.25, -0.2) is 13.1 Å². The summed E-state index contributed by atoms with van der Waals surface area (Å²) in [5.74, 6) is 1.24. The van der Waals surface area contributed by atoms with Gasteiger partial charge in [0, 0.05) is 12.6 Å². The number of rotatable bonds is 7. The third kappa shape index (κ3) is 4.68. The van der Waals surface area contributed by atoms with Gasteiger partial charge >= 0.3 is 0 Å². The smallest absolute Gasteiger partial charge is 0.214 e. The molecule has 0 radical (unpaired) electrons. The largest absolute Gasteiger partial charge is 0.497 e. The molecule has 1 saturated carbocycles. The molecule has 128 valence electrons. The highest BCUT2D eigenvalue weighted by atomic mass is 32.2. The van der Waals surface area contributed by atoms with Gasteiger partial charge in [0.1, 0.15) is 5.75 Å². The van der Waals surface area contributed by atoms with Crippen molar-refractivity contribution >= 4 is 10.0 Å². The molecule has 1 N–H and O–H groups in total. The van der Waals surface area contributed by atoms with E-state index in [2.05, 4.69) is 4.72 Å². The number of benzene rings is 1. The minimum Gasteiger partial charge on any atom is -0.497 e. The van der Waals surface area contributed by atoms with Crippen molar-refractivity contribution in [2.75, 3.05) is 19.5 Å². The molecule has 2 fully saturated rings. The zero-order valence-corrected chi connectivity index (χ0v) is 14.3. The Bertz CT molecular complexity index is 604. The minimum atomic E-state index is -3.36. The number of ether oxygens (including phenoxy) is 2. The van der Waals surface area contributed by atoms with Crippen molar-refractivity contribution in [3.8, 4) is 5.75 Å². The fourth-order valence-corrected chi connectivity index (χ4v) is 4.67. The highest BCUT2D eigenvalue weighted by Gasteiger charge is 2.35. The molecule has 3 rings (SSSR count). The van der Waals surface area contributed by atoms with E-state index in [1.807, 2.05) is 24.3 Å². The lowest BCUT2D eigenvalue weighted by Crippen LogP contribution is -2.37. The lowest BCUT2D eigenvalue weighted by Gasteiger charge is -2.24. The summed E-state index contributed by atoms with van der Waals surface area (Å²) >= 11 is 0. The SMILES string of the molecule is COc1ccc([C@H](NS(=O)(=O)C[C@@H]2CCCCO2)C2CC2)cc1. The van der Waals surface area contributed by atoms with Crippen LogP contribution in [0.2, 0.25) is 0 Å². The molecule has 5 nitrogen and oxygen atoms in total. The highest BCUT2D eigenvalue weighted by molar-refractivity contribution is 7.89. The van der Waals surface area contributed by atoms with Gasteiger partial charge in [0.15, 0.2) is 0 Å². The maximum Gasteiger partial charge on any atom is 0.214 e. The van der Waals surface area contributed by atoms with Gasteiger partial charge in [-0.05, 0) is 55.7 Å². The van der Waals surface area contributed by atoms with Crippen molar-refractivity contribution in [3.05, 3.63) is 29.8 Å². The topological polar surface area (TPSA) is 64.6 Å². The van der Waals surface area contributed by atoms with Gasteiger partial charge in [0.2, 0.25) is 10.0 Å². The molecule has 0 aromatic heterocycles. The van der Waals surface area contributed by atoms with E-state index >= 15 is 0 Å². The van der Waals surface area contributed by atoms with Crippen LogP contribution < -0.4 is 9.46 Å². The molecule has 1 aromatic carbocycles. The van der Waals surface area contributed by atoms with Crippen molar-refractivity contribution in [1.29, 1.82) is 0 Å². The van der Waals surface area contributed by atoms with E-state index in [0.29, 0.717) is 12.5 Å². The van der Waals surface area contributed by atoms with Gasteiger partial charge in [-0.3, -0.25) is 0 Å². The third-order valence-corrected chi connectivity index (χ3v) is 5.98. The van der Waals surface area contributed by atoms with Crippen molar-refractivity contribution in [1.82, 2.24) is 4.72 Å². The molecule has 2 aliphatic rings. The van der Waals surface area contributed by atoms with Gasteiger partial charge in [0.25, 0.3) is 0 Å². The minimum absolute atomic E-state index is 0.0619. The summed E-state index contributed by atoms with van der Waals surface area (Å²) in [4.78, 5) is 0. The number of methoxy groups -OCH3 is 1. The van der Waals surface area contributed by atoms with Crippen molar-refractivity contribution < 1.29 is 17.9 Å². The summed E-state index contributed by atoms with van der Waals surface area (Å²) in [6.45, 7) is 0.671. The van der Waals surface area contributed by atoms with Crippen molar-refractivity contribution in [2.24, 2.45) is 5.92 Å². The van der Waals surface area contributed by atoms with Gasteiger partial charge in [-0.2, -0.15) is 0 Å². The molecule has 1 heterocycles. The first-order valence-corrected chi connectivity index (χ1v) is 9.98. The van der Waals surface area contributed by atoms with Crippen LogP contribution in [0.15, 0.2) is 24.3 Å². The van der Waals surface area contributed by atoms with Crippen LogP contribution in [0.5, 0.6) is 5.75 Å². The van der Waals surface area contributed by atoms with Crippen LogP contribution in [0.4, 0.5) is 0 Å². The van der Waals surface area contributed by atoms with E-state index in [1.165, 1.54) is 0 Å². The summed E-state index contributed by atoms with van der Waals surface area (Å²) in [5, 5.41) is 0. The van der Waals surface area contributed by atoms with Crippen LogP contribution in [-0.2, 0) is 14.8 Å². The first kappa shape index (κ1) is 16.7. The number of hydrogen-bond donors (Lipinski definition) is 1. The third-order valence-electron chi connectivity index (χ3n) is 4.55. The van der Waals surface area contributed by atoms with E-state index in [9.17, 15) is 8.42 Å². The first-order valence-electron chi connectivity index (χ1n) is 8.33. The molecule has 1 saturated heterocycles. The zero-order chi connectivity index (χ0) is 16.3. The average Bonchev–Trinajstić information content (AvgIpc) is 3.38. The Morgan fingerprint density at radius 1 is 1.22 bits per heavy atom. The Balaban J connectivity index is 1.68. The molecule has 1 aliphatic heterocycles. The lowest BCUT2D eigenvalue weighted by atomic mass is 10.0. The van der Waals surface area contributed by atoms with Crippen LogP contribution >= 0.6 is 0 Å². The summed E-state index contributed by atoms with van der Waals surface area (Å²) in [6, 6.07) is 7.50. The molecule has 1 aliphatic carbocycles. The average molecular weight is 339 g/mol. The molecule has 0 bridgehead atoms. The quantitative estimate of drug-likeness (QED) is 0.829. The highest BCUT2D eigenvalue weighted by Crippen LogP contribution is 2.41. The van der Waals surface area contributed by atoms with E-state index in [4.69, 9.17) is 9.47 Å². The number of sulfonamides is 1. The second-order valence-corrected chi connectivity index (χ2v) is 8.27. The molecule has 1 aromatic rings. The molecule has 6 heteroatoms. The Kier molecular flexibility index (Phi) is 5.24. The van der Waals surface area contributed by atoms with Crippen LogP contribution in [-0.4, -0.2) is 34.0 Å². The van der Waals surface area contributed by atoms with E-state index in [-0.39, 0.29) is 17.9 Å². The summed E-state index contributed by atoms with van der Waals surface area (Å²) in [5.41, 5.74) is 1.00. The second-order valence-electron chi connectivity index (χ2n) is 6.48. The molecular weight excluding hydrogens is 314 g/mol. The van der Waals surface area contributed by atoms with Crippen LogP contribution in [0.3, 0.4) is 0 Å². The molecule has 0 spiro atoms.